The van der Waals surface area contributed by atoms with Gasteiger partial charge in [0.25, 0.3) is 0 Å². The Bertz CT molecular complexity index is 410. The highest BCUT2D eigenvalue weighted by molar-refractivity contribution is 5.87. The van der Waals surface area contributed by atoms with E-state index in [1.165, 1.54) is 19.4 Å². The van der Waals surface area contributed by atoms with Gasteiger partial charge in [0, 0.05) is 0 Å². The molecule has 0 aliphatic carbocycles. The summed E-state index contributed by atoms with van der Waals surface area (Å²) in [6.45, 7) is 1.97. The number of pyridine rings is 1. The van der Waals surface area contributed by atoms with Gasteiger partial charge in [-0.15, -0.1) is 0 Å². The molecule has 15 heavy (non-hydrogen) atoms. The molecule has 0 aliphatic rings. The van der Waals surface area contributed by atoms with E-state index in [-0.39, 0.29) is 17.9 Å². The topological polar surface area (TPSA) is 72.2 Å². The third kappa shape index (κ3) is 2.44. The van der Waals surface area contributed by atoms with Crippen molar-refractivity contribution in [3.63, 3.8) is 0 Å². The van der Waals surface area contributed by atoms with Crippen molar-refractivity contribution < 1.29 is 14.3 Å². The van der Waals surface area contributed by atoms with Gasteiger partial charge in [0.1, 0.15) is 11.8 Å². The lowest BCUT2D eigenvalue weighted by Gasteiger charge is -2.04. The van der Waals surface area contributed by atoms with Crippen molar-refractivity contribution in [1.29, 1.82) is 5.26 Å². The third-order valence-electron chi connectivity index (χ3n) is 1.69. The molecule has 1 rings (SSSR count). The predicted molar refractivity (Wildman–Crippen MR) is 51.5 cm³/mol. The third-order valence-corrected chi connectivity index (χ3v) is 1.69. The van der Waals surface area contributed by atoms with Crippen LogP contribution in [0.1, 0.15) is 23.0 Å². The van der Waals surface area contributed by atoms with E-state index in [2.05, 4.69) is 4.98 Å². The minimum Gasteiger partial charge on any atom is -0.494 e. The summed E-state index contributed by atoms with van der Waals surface area (Å²) in [4.78, 5) is 15.1. The number of nitriles is 1. The predicted octanol–water partition coefficient (Wildman–Crippen LogP) is 1.14. The molecule has 1 aromatic rings. The first-order valence-corrected chi connectivity index (χ1v) is 4.34. The molecule has 0 fully saturated rings. The minimum absolute atomic E-state index is 0.106. The highest BCUT2D eigenvalue weighted by atomic mass is 16.5. The van der Waals surface area contributed by atoms with Gasteiger partial charge >= 0.3 is 5.97 Å². The van der Waals surface area contributed by atoms with Gasteiger partial charge in [-0.3, -0.25) is 0 Å². The van der Waals surface area contributed by atoms with Crippen molar-refractivity contribution in [2.24, 2.45) is 0 Å². The Morgan fingerprint density at radius 3 is 2.93 bits per heavy atom. The molecular weight excluding hydrogens is 196 g/mol. The fraction of sp³-hybridized carbons (Fsp3) is 0.300. The SMILES string of the molecule is CCOC(=O)c1cc(C#N)c(OC)cn1. The van der Waals surface area contributed by atoms with Crippen LogP contribution in [0.15, 0.2) is 12.3 Å². The van der Waals surface area contributed by atoms with Crippen molar-refractivity contribution in [2.75, 3.05) is 13.7 Å². The van der Waals surface area contributed by atoms with E-state index in [9.17, 15) is 4.79 Å². The van der Waals surface area contributed by atoms with Gasteiger partial charge in [-0.1, -0.05) is 0 Å². The second-order valence-corrected chi connectivity index (χ2v) is 2.60. The van der Waals surface area contributed by atoms with Crippen LogP contribution in [0, 0.1) is 11.3 Å². The Kier molecular flexibility index (Phi) is 3.63. The molecule has 1 aromatic heterocycles. The number of nitrogens with zero attached hydrogens (tertiary/aromatic N) is 2. The number of hydrogen-bond acceptors (Lipinski definition) is 5. The Hall–Kier alpha value is -2.09. The summed E-state index contributed by atoms with van der Waals surface area (Å²) in [5.41, 5.74) is 0.366. The zero-order valence-corrected chi connectivity index (χ0v) is 8.48. The normalized spacial score (nSPS) is 9.13. The molecule has 0 bridgehead atoms. The fourth-order valence-corrected chi connectivity index (χ4v) is 1.01. The fourth-order valence-electron chi connectivity index (χ4n) is 1.01. The summed E-state index contributed by atoms with van der Waals surface area (Å²) in [5, 5.41) is 8.78. The Morgan fingerprint density at radius 1 is 1.67 bits per heavy atom. The molecule has 5 nitrogen and oxygen atoms in total. The van der Waals surface area contributed by atoms with E-state index in [1.807, 2.05) is 6.07 Å². The Balaban J connectivity index is 3.04. The molecule has 0 amide bonds. The number of rotatable bonds is 3. The molecule has 0 N–H and O–H groups in total. The molecule has 0 saturated carbocycles. The summed E-state index contributed by atoms with van der Waals surface area (Å²) in [5.74, 6) is -0.206. The number of aromatic nitrogens is 1. The monoisotopic (exact) mass is 206 g/mol. The molecule has 0 atom stereocenters. The maximum absolute atomic E-state index is 11.3. The van der Waals surface area contributed by atoms with Crippen LogP contribution in [0.5, 0.6) is 5.75 Å². The van der Waals surface area contributed by atoms with Crippen LogP contribution in [0.3, 0.4) is 0 Å². The van der Waals surface area contributed by atoms with E-state index in [0.717, 1.165) is 0 Å². The van der Waals surface area contributed by atoms with Gasteiger partial charge in [-0.25, -0.2) is 9.78 Å². The van der Waals surface area contributed by atoms with Crippen molar-refractivity contribution >= 4 is 5.97 Å². The quantitative estimate of drug-likeness (QED) is 0.693. The molecule has 1 heterocycles. The second kappa shape index (κ2) is 4.96. The van der Waals surface area contributed by atoms with Crippen LogP contribution in [-0.4, -0.2) is 24.7 Å². The van der Waals surface area contributed by atoms with Crippen LogP contribution in [-0.2, 0) is 4.74 Å². The van der Waals surface area contributed by atoms with Crippen molar-refractivity contribution in [1.82, 2.24) is 4.98 Å². The molecule has 0 radical (unpaired) electrons. The summed E-state index contributed by atoms with van der Waals surface area (Å²) in [7, 11) is 1.43. The zero-order valence-electron chi connectivity index (χ0n) is 8.48. The Labute approximate surface area is 87.3 Å². The smallest absolute Gasteiger partial charge is 0.356 e. The van der Waals surface area contributed by atoms with E-state index in [1.54, 1.807) is 6.92 Å². The number of hydrogen-bond donors (Lipinski definition) is 0. The van der Waals surface area contributed by atoms with Gasteiger partial charge in [-0.2, -0.15) is 5.26 Å². The summed E-state index contributed by atoms with van der Waals surface area (Å²) in [6, 6.07) is 3.26. The summed E-state index contributed by atoms with van der Waals surface area (Å²) >= 11 is 0. The number of esters is 1. The maximum atomic E-state index is 11.3. The van der Waals surface area contributed by atoms with E-state index in [4.69, 9.17) is 14.7 Å². The van der Waals surface area contributed by atoms with Crippen LogP contribution in [0.4, 0.5) is 0 Å². The number of carbonyl (C=O) groups excluding carboxylic acids is 1. The van der Waals surface area contributed by atoms with E-state index in [0.29, 0.717) is 5.75 Å². The summed E-state index contributed by atoms with van der Waals surface area (Å²) in [6.07, 6.45) is 1.32. The molecule has 5 heteroatoms. The zero-order chi connectivity index (χ0) is 11.3. The Morgan fingerprint density at radius 2 is 2.40 bits per heavy atom. The number of carbonyl (C=O) groups is 1. The highest BCUT2D eigenvalue weighted by Gasteiger charge is 2.11. The van der Waals surface area contributed by atoms with Gasteiger partial charge in [0.15, 0.2) is 5.75 Å². The van der Waals surface area contributed by atoms with Crippen LogP contribution in [0.25, 0.3) is 0 Å². The number of ether oxygens (including phenoxy) is 2. The van der Waals surface area contributed by atoms with Crippen LogP contribution < -0.4 is 4.74 Å². The first-order chi connectivity index (χ1) is 7.22. The lowest BCUT2D eigenvalue weighted by Crippen LogP contribution is -2.07. The van der Waals surface area contributed by atoms with Crippen LogP contribution in [0.2, 0.25) is 0 Å². The number of methoxy groups -OCH3 is 1. The van der Waals surface area contributed by atoms with Crippen molar-refractivity contribution in [2.45, 2.75) is 6.92 Å². The highest BCUT2D eigenvalue weighted by Crippen LogP contribution is 2.16. The largest absolute Gasteiger partial charge is 0.494 e. The van der Waals surface area contributed by atoms with Gasteiger partial charge < -0.3 is 9.47 Å². The lowest BCUT2D eigenvalue weighted by molar-refractivity contribution is 0.0519. The maximum Gasteiger partial charge on any atom is 0.356 e. The van der Waals surface area contributed by atoms with Crippen molar-refractivity contribution in [3.05, 3.63) is 23.5 Å². The average molecular weight is 206 g/mol. The first kappa shape index (κ1) is 11.0. The second-order valence-electron chi connectivity index (χ2n) is 2.60. The van der Waals surface area contributed by atoms with Gasteiger partial charge in [0.05, 0.1) is 25.5 Å². The molecule has 78 valence electrons. The molecule has 0 aromatic carbocycles. The molecule has 0 spiro atoms. The average Bonchev–Trinajstić information content (AvgIpc) is 2.28. The summed E-state index contributed by atoms with van der Waals surface area (Å²) < 4.78 is 9.64. The van der Waals surface area contributed by atoms with Crippen LogP contribution >= 0.6 is 0 Å². The van der Waals surface area contributed by atoms with Gasteiger partial charge in [0.2, 0.25) is 0 Å². The van der Waals surface area contributed by atoms with E-state index < -0.39 is 5.97 Å². The first-order valence-electron chi connectivity index (χ1n) is 4.34. The molecule has 0 unspecified atom stereocenters. The molecule has 0 saturated heterocycles. The van der Waals surface area contributed by atoms with Crippen molar-refractivity contribution in [3.8, 4) is 11.8 Å². The molecular formula is C10H10N2O3. The lowest BCUT2D eigenvalue weighted by atomic mass is 10.2. The minimum atomic E-state index is -0.545. The van der Waals surface area contributed by atoms with Gasteiger partial charge in [-0.05, 0) is 13.0 Å². The standard InChI is InChI=1S/C10H10N2O3/c1-3-15-10(13)8-4-7(5-11)9(14-2)6-12-8/h4,6H,3H2,1-2H3. The molecule has 0 aliphatic heterocycles. The van der Waals surface area contributed by atoms with E-state index >= 15 is 0 Å².